The molecule has 0 aromatic heterocycles. The lowest BCUT2D eigenvalue weighted by molar-refractivity contribution is 0.563. The fourth-order valence-corrected chi connectivity index (χ4v) is 5.67. The van der Waals surface area contributed by atoms with Crippen LogP contribution in [-0.2, 0) is 17.2 Å². The van der Waals surface area contributed by atoms with Gasteiger partial charge < -0.3 is 5.32 Å². The Morgan fingerprint density at radius 2 is 2.00 bits per heavy atom. The third-order valence-electron chi connectivity index (χ3n) is 4.71. The minimum absolute atomic E-state index is 0.267. The molecule has 2 aliphatic carbocycles. The first-order valence-electron chi connectivity index (χ1n) is 7.42. The van der Waals surface area contributed by atoms with Crippen molar-refractivity contribution in [3.63, 3.8) is 0 Å². The summed E-state index contributed by atoms with van der Waals surface area (Å²) in [5.74, 6) is 1.62. The second-order valence-electron chi connectivity index (χ2n) is 5.91. The molecule has 3 rings (SSSR count). The highest BCUT2D eigenvalue weighted by Crippen LogP contribution is 2.35. The molecule has 1 aromatic rings. The molecule has 104 valence electrons. The predicted molar refractivity (Wildman–Crippen MR) is 80.7 cm³/mol. The molecular formula is C16H23NOS. The van der Waals surface area contributed by atoms with Crippen molar-refractivity contribution in [1.82, 2.24) is 5.32 Å². The molecule has 0 saturated heterocycles. The zero-order valence-electron chi connectivity index (χ0n) is 11.6. The van der Waals surface area contributed by atoms with Gasteiger partial charge in [0.2, 0.25) is 0 Å². The molecule has 1 N–H and O–H groups in total. The SMILES string of the molecule is CNC1c2ccccc2CC1S(=O)CC1CCCC1. The standard InChI is InChI=1S/C16H23NOS/c1-17-16-14-9-5-4-8-13(14)10-15(16)19(18)11-12-6-2-3-7-12/h4-5,8-9,12,15-17H,2-3,6-7,10-11H2,1H3. The number of benzene rings is 1. The molecule has 19 heavy (non-hydrogen) atoms. The Labute approximate surface area is 118 Å². The number of nitrogens with one attached hydrogen (secondary N) is 1. The summed E-state index contributed by atoms with van der Waals surface area (Å²) in [6.45, 7) is 0. The molecule has 1 fully saturated rings. The van der Waals surface area contributed by atoms with Crippen LogP contribution < -0.4 is 5.32 Å². The Hall–Kier alpha value is -0.670. The van der Waals surface area contributed by atoms with Gasteiger partial charge in [0.25, 0.3) is 0 Å². The summed E-state index contributed by atoms with van der Waals surface area (Å²) in [5.41, 5.74) is 2.74. The van der Waals surface area contributed by atoms with E-state index in [1.165, 1.54) is 36.8 Å². The van der Waals surface area contributed by atoms with Gasteiger partial charge in [-0.1, -0.05) is 37.1 Å². The summed E-state index contributed by atoms with van der Waals surface area (Å²) in [6, 6.07) is 8.83. The van der Waals surface area contributed by atoms with E-state index in [0.29, 0.717) is 5.92 Å². The van der Waals surface area contributed by atoms with Gasteiger partial charge in [-0.25, -0.2) is 0 Å². The van der Waals surface area contributed by atoms with Crippen LogP contribution in [0.2, 0.25) is 0 Å². The molecule has 1 aromatic carbocycles. The third-order valence-corrected chi connectivity index (χ3v) is 6.62. The topological polar surface area (TPSA) is 29.1 Å². The molecule has 0 radical (unpaired) electrons. The Morgan fingerprint density at radius 1 is 1.26 bits per heavy atom. The van der Waals surface area contributed by atoms with Crippen LogP contribution in [0.25, 0.3) is 0 Å². The van der Waals surface area contributed by atoms with Crippen LogP contribution in [0.4, 0.5) is 0 Å². The first-order valence-corrected chi connectivity index (χ1v) is 8.80. The van der Waals surface area contributed by atoms with Crippen LogP contribution in [0.3, 0.4) is 0 Å². The van der Waals surface area contributed by atoms with Crippen LogP contribution in [0.1, 0.15) is 42.9 Å². The molecule has 3 unspecified atom stereocenters. The van der Waals surface area contributed by atoms with Gasteiger partial charge in [-0.3, -0.25) is 4.21 Å². The molecule has 0 heterocycles. The fraction of sp³-hybridized carbons (Fsp3) is 0.625. The second kappa shape index (κ2) is 5.76. The second-order valence-corrected chi connectivity index (χ2v) is 7.61. The van der Waals surface area contributed by atoms with Crippen molar-refractivity contribution in [2.75, 3.05) is 12.8 Å². The van der Waals surface area contributed by atoms with Crippen LogP contribution in [0.5, 0.6) is 0 Å². The molecule has 3 atom stereocenters. The number of fused-ring (bicyclic) bond motifs is 1. The molecule has 0 amide bonds. The van der Waals surface area contributed by atoms with Gasteiger partial charge >= 0.3 is 0 Å². The van der Waals surface area contributed by atoms with Gasteiger partial charge in [0.15, 0.2) is 0 Å². The maximum Gasteiger partial charge on any atom is 0.0583 e. The average Bonchev–Trinajstić information content (AvgIpc) is 3.04. The smallest absolute Gasteiger partial charge is 0.0583 e. The van der Waals surface area contributed by atoms with Crippen molar-refractivity contribution in [2.45, 2.75) is 43.4 Å². The lowest BCUT2D eigenvalue weighted by Gasteiger charge is -2.21. The lowest BCUT2D eigenvalue weighted by atomic mass is 10.1. The first kappa shape index (κ1) is 13.3. The maximum atomic E-state index is 12.7. The summed E-state index contributed by atoms with van der Waals surface area (Å²) in [7, 11) is 1.29. The zero-order chi connectivity index (χ0) is 13.2. The minimum Gasteiger partial charge on any atom is -0.312 e. The zero-order valence-corrected chi connectivity index (χ0v) is 12.4. The van der Waals surface area contributed by atoms with Gasteiger partial charge in [0, 0.05) is 22.6 Å². The van der Waals surface area contributed by atoms with Crippen LogP contribution in [0.15, 0.2) is 24.3 Å². The van der Waals surface area contributed by atoms with Crippen LogP contribution in [-0.4, -0.2) is 22.3 Å². The summed E-state index contributed by atoms with van der Waals surface area (Å²) in [4.78, 5) is 0. The molecule has 0 bridgehead atoms. The van der Waals surface area contributed by atoms with Crippen molar-refractivity contribution < 1.29 is 4.21 Å². The molecule has 1 saturated carbocycles. The third kappa shape index (κ3) is 2.63. The van der Waals surface area contributed by atoms with E-state index in [9.17, 15) is 4.21 Å². The van der Waals surface area contributed by atoms with Crippen LogP contribution in [0, 0.1) is 5.92 Å². The van der Waals surface area contributed by atoms with Gasteiger partial charge in [-0.05, 0) is 43.4 Å². The van der Waals surface area contributed by atoms with E-state index in [4.69, 9.17) is 0 Å². The summed E-state index contributed by atoms with van der Waals surface area (Å²) >= 11 is 0. The lowest BCUT2D eigenvalue weighted by Crippen LogP contribution is -2.31. The van der Waals surface area contributed by atoms with E-state index in [1.54, 1.807) is 0 Å². The van der Waals surface area contributed by atoms with Crippen molar-refractivity contribution in [2.24, 2.45) is 5.92 Å². The van der Waals surface area contributed by atoms with Crippen LogP contribution >= 0.6 is 0 Å². The van der Waals surface area contributed by atoms with Gasteiger partial charge in [-0.2, -0.15) is 0 Å². The predicted octanol–water partition coefficient (Wildman–Crippen LogP) is 2.81. The van der Waals surface area contributed by atoms with Crippen molar-refractivity contribution in [3.05, 3.63) is 35.4 Å². The van der Waals surface area contributed by atoms with E-state index in [0.717, 1.165) is 12.2 Å². The highest BCUT2D eigenvalue weighted by Gasteiger charge is 2.36. The van der Waals surface area contributed by atoms with Crippen molar-refractivity contribution in [1.29, 1.82) is 0 Å². The van der Waals surface area contributed by atoms with E-state index >= 15 is 0 Å². The number of hydrogen-bond acceptors (Lipinski definition) is 2. The minimum atomic E-state index is -0.704. The van der Waals surface area contributed by atoms with E-state index in [1.807, 2.05) is 7.05 Å². The average molecular weight is 277 g/mol. The summed E-state index contributed by atoms with van der Waals surface area (Å²) in [5, 5.41) is 3.65. The van der Waals surface area contributed by atoms with E-state index in [-0.39, 0.29) is 11.3 Å². The largest absolute Gasteiger partial charge is 0.312 e. The van der Waals surface area contributed by atoms with E-state index < -0.39 is 10.8 Å². The maximum absolute atomic E-state index is 12.7. The summed E-state index contributed by atoms with van der Waals surface area (Å²) in [6.07, 6.45) is 6.22. The quantitative estimate of drug-likeness (QED) is 0.917. The monoisotopic (exact) mass is 277 g/mol. The first-order chi connectivity index (χ1) is 9.29. The molecule has 2 aliphatic rings. The molecular weight excluding hydrogens is 254 g/mol. The molecule has 0 aliphatic heterocycles. The van der Waals surface area contributed by atoms with Crippen molar-refractivity contribution >= 4 is 10.8 Å². The highest BCUT2D eigenvalue weighted by molar-refractivity contribution is 7.85. The Balaban J connectivity index is 1.73. The molecule has 3 heteroatoms. The van der Waals surface area contributed by atoms with Gasteiger partial charge in [-0.15, -0.1) is 0 Å². The number of rotatable bonds is 4. The molecule has 0 spiro atoms. The Bertz CT molecular complexity index is 468. The Kier molecular flexibility index (Phi) is 4.04. The van der Waals surface area contributed by atoms with Gasteiger partial charge in [0.05, 0.1) is 5.25 Å². The number of hydrogen-bond donors (Lipinski definition) is 1. The fourth-order valence-electron chi connectivity index (χ4n) is 3.68. The highest BCUT2D eigenvalue weighted by atomic mass is 32.2. The van der Waals surface area contributed by atoms with Crippen molar-refractivity contribution in [3.8, 4) is 0 Å². The van der Waals surface area contributed by atoms with E-state index in [2.05, 4.69) is 29.6 Å². The Morgan fingerprint density at radius 3 is 2.74 bits per heavy atom. The summed E-state index contributed by atoms with van der Waals surface area (Å²) < 4.78 is 12.7. The molecule has 2 nitrogen and oxygen atoms in total. The normalized spacial score (nSPS) is 28.5. The van der Waals surface area contributed by atoms with Gasteiger partial charge in [0.1, 0.15) is 0 Å².